The number of rotatable bonds is 3. The molecule has 0 unspecified atom stereocenters. The van der Waals surface area contributed by atoms with E-state index in [1.807, 2.05) is 19.0 Å². The number of benzene rings is 1. The van der Waals surface area contributed by atoms with Gasteiger partial charge in [-0.1, -0.05) is 11.2 Å². The van der Waals surface area contributed by atoms with E-state index in [0.717, 1.165) is 5.69 Å². The van der Waals surface area contributed by atoms with Crippen molar-refractivity contribution in [3.05, 3.63) is 41.7 Å². The quantitative estimate of drug-likeness (QED) is 0.756. The fourth-order valence-corrected chi connectivity index (χ4v) is 3.04. The van der Waals surface area contributed by atoms with Gasteiger partial charge in [0.1, 0.15) is 23.3 Å². The summed E-state index contributed by atoms with van der Waals surface area (Å²) in [4.78, 5) is 25.0. The van der Waals surface area contributed by atoms with E-state index in [9.17, 15) is 9.90 Å². The Hall–Kier alpha value is -3.20. The third-order valence-electron chi connectivity index (χ3n) is 4.23. The van der Waals surface area contributed by atoms with Gasteiger partial charge in [-0.25, -0.2) is 4.98 Å². The van der Waals surface area contributed by atoms with Gasteiger partial charge in [-0.15, -0.1) is 0 Å². The Kier molecular flexibility index (Phi) is 3.73. The van der Waals surface area contributed by atoms with Crippen LogP contribution >= 0.6 is 0 Å². The van der Waals surface area contributed by atoms with Crippen LogP contribution in [0.1, 0.15) is 21.9 Å². The summed E-state index contributed by atoms with van der Waals surface area (Å²) in [5.41, 5.74) is 2.13. The van der Waals surface area contributed by atoms with Crippen molar-refractivity contribution in [1.29, 1.82) is 0 Å². The maximum absolute atomic E-state index is 12.7. The molecule has 9 nitrogen and oxygen atoms in total. The van der Waals surface area contributed by atoms with Crippen molar-refractivity contribution < 1.29 is 14.4 Å². The van der Waals surface area contributed by atoms with Crippen LogP contribution in [0, 0.1) is 0 Å². The van der Waals surface area contributed by atoms with Crippen LogP contribution in [-0.4, -0.2) is 61.6 Å². The largest absolute Gasteiger partial charge is 0.507 e. The van der Waals surface area contributed by atoms with Gasteiger partial charge in [0.05, 0.1) is 24.5 Å². The Labute approximate surface area is 149 Å². The molecule has 9 heteroatoms. The molecule has 3 heterocycles. The van der Waals surface area contributed by atoms with Crippen LogP contribution in [0.4, 0.5) is 0 Å². The molecule has 2 aromatic heterocycles. The summed E-state index contributed by atoms with van der Waals surface area (Å²) >= 11 is 0. The Bertz CT molecular complexity index is 990. The molecular formula is C17H18N6O3. The number of phenolic OH excluding ortho intramolecular Hbond substituents is 1. The molecule has 1 aliphatic rings. The third-order valence-corrected chi connectivity index (χ3v) is 4.23. The zero-order chi connectivity index (χ0) is 18.4. The van der Waals surface area contributed by atoms with Gasteiger partial charge in [-0.05, 0) is 26.2 Å². The molecule has 0 atom stereocenters. The molecule has 4 rings (SSSR count). The molecule has 0 fully saturated rings. The van der Waals surface area contributed by atoms with Crippen molar-refractivity contribution in [3.8, 4) is 23.0 Å². The van der Waals surface area contributed by atoms with E-state index in [1.54, 1.807) is 30.1 Å². The van der Waals surface area contributed by atoms with Gasteiger partial charge in [-0.3, -0.25) is 9.36 Å². The average Bonchev–Trinajstić information content (AvgIpc) is 3.17. The van der Waals surface area contributed by atoms with E-state index in [4.69, 9.17) is 4.52 Å². The predicted molar refractivity (Wildman–Crippen MR) is 91.7 cm³/mol. The number of phenols is 1. The minimum Gasteiger partial charge on any atom is -0.507 e. The smallest absolute Gasteiger partial charge is 0.259 e. The van der Waals surface area contributed by atoms with Gasteiger partial charge < -0.3 is 19.4 Å². The number of hydrogen-bond donors (Lipinski definition) is 1. The van der Waals surface area contributed by atoms with Crippen molar-refractivity contribution in [1.82, 2.24) is 29.5 Å². The van der Waals surface area contributed by atoms with E-state index in [0.29, 0.717) is 36.2 Å². The Morgan fingerprint density at radius 1 is 1.35 bits per heavy atom. The summed E-state index contributed by atoms with van der Waals surface area (Å²) in [6, 6.07) is 4.97. The first-order valence-electron chi connectivity index (χ1n) is 8.07. The van der Waals surface area contributed by atoms with Crippen molar-refractivity contribution in [2.75, 3.05) is 21.1 Å². The number of aromatic nitrogens is 4. The number of carbonyl (C=O) groups excluding carboxylic acids is 1. The lowest BCUT2D eigenvalue weighted by molar-refractivity contribution is 0.0785. The van der Waals surface area contributed by atoms with Crippen molar-refractivity contribution in [2.24, 2.45) is 0 Å². The van der Waals surface area contributed by atoms with Gasteiger partial charge in [0.15, 0.2) is 0 Å². The normalized spacial score (nSPS) is 13.7. The summed E-state index contributed by atoms with van der Waals surface area (Å²) in [5.74, 6) is 0.548. The van der Waals surface area contributed by atoms with Gasteiger partial charge in [0, 0.05) is 7.05 Å². The van der Waals surface area contributed by atoms with Crippen LogP contribution in [-0.2, 0) is 13.1 Å². The molecule has 0 bridgehead atoms. The highest BCUT2D eigenvalue weighted by atomic mass is 16.5. The lowest BCUT2D eigenvalue weighted by Crippen LogP contribution is -2.25. The molecule has 3 aromatic rings. The summed E-state index contributed by atoms with van der Waals surface area (Å²) in [5, 5.41) is 14.2. The van der Waals surface area contributed by atoms with E-state index in [-0.39, 0.29) is 17.2 Å². The second kappa shape index (κ2) is 5.95. The molecule has 1 N–H and O–H groups in total. The van der Waals surface area contributed by atoms with Gasteiger partial charge >= 0.3 is 0 Å². The topological polar surface area (TPSA) is 101 Å². The summed E-state index contributed by atoms with van der Waals surface area (Å²) in [7, 11) is 5.51. The first-order valence-corrected chi connectivity index (χ1v) is 8.07. The maximum atomic E-state index is 12.7. The van der Waals surface area contributed by atoms with Crippen LogP contribution in [0.5, 0.6) is 5.75 Å². The van der Waals surface area contributed by atoms with Crippen molar-refractivity contribution in [2.45, 2.75) is 13.1 Å². The summed E-state index contributed by atoms with van der Waals surface area (Å²) in [6.45, 7) is 0.831. The van der Waals surface area contributed by atoms with Gasteiger partial charge in [0.2, 0.25) is 11.7 Å². The second-order valence-corrected chi connectivity index (χ2v) is 6.49. The van der Waals surface area contributed by atoms with E-state index in [1.165, 1.54) is 11.0 Å². The molecule has 1 aliphatic heterocycles. The van der Waals surface area contributed by atoms with E-state index < -0.39 is 0 Å². The molecule has 0 aliphatic carbocycles. The van der Waals surface area contributed by atoms with Crippen LogP contribution in [0.3, 0.4) is 0 Å². The first-order chi connectivity index (χ1) is 12.5. The first kappa shape index (κ1) is 16.3. The fraction of sp³-hybridized carbons (Fsp3) is 0.294. The number of nitrogens with zero attached hydrogens (tertiary/aromatic N) is 6. The lowest BCUT2D eigenvalue weighted by atomic mass is 10.1. The number of aromatic hydroxyl groups is 1. The minimum atomic E-state index is -0.255. The molecule has 134 valence electrons. The molecule has 0 radical (unpaired) electrons. The van der Waals surface area contributed by atoms with E-state index >= 15 is 0 Å². The molecule has 1 aromatic carbocycles. The number of imidazole rings is 1. The standard InChI is InChI=1S/C17H18N6O3/c1-21(2)8-13-19-16(20-26-13)15-11-7-22(3)17(25)14-10(23(11)9-18-15)5-4-6-12(14)24/h4-6,9,24H,7-8H2,1-3H3. The molecule has 0 saturated carbocycles. The molecule has 26 heavy (non-hydrogen) atoms. The Morgan fingerprint density at radius 2 is 2.15 bits per heavy atom. The van der Waals surface area contributed by atoms with Crippen LogP contribution < -0.4 is 0 Å². The lowest BCUT2D eigenvalue weighted by Gasteiger charge is -2.14. The molecule has 0 saturated heterocycles. The van der Waals surface area contributed by atoms with Crippen molar-refractivity contribution in [3.63, 3.8) is 0 Å². The van der Waals surface area contributed by atoms with Crippen LogP contribution in [0.25, 0.3) is 17.2 Å². The molecular weight excluding hydrogens is 336 g/mol. The summed E-state index contributed by atoms with van der Waals surface area (Å²) in [6.07, 6.45) is 1.61. The zero-order valence-corrected chi connectivity index (χ0v) is 14.7. The number of carbonyl (C=O) groups is 1. The number of amides is 1. The second-order valence-electron chi connectivity index (χ2n) is 6.49. The summed E-state index contributed by atoms with van der Waals surface area (Å²) < 4.78 is 7.07. The highest BCUT2D eigenvalue weighted by molar-refractivity contribution is 6.01. The third kappa shape index (κ3) is 2.53. The van der Waals surface area contributed by atoms with Crippen LogP contribution in [0.2, 0.25) is 0 Å². The molecule has 0 spiro atoms. The monoisotopic (exact) mass is 354 g/mol. The Balaban J connectivity index is 1.85. The highest BCUT2D eigenvalue weighted by Gasteiger charge is 2.30. The van der Waals surface area contributed by atoms with E-state index in [2.05, 4.69) is 15.1 Å². The maximum Gasteiger partial charge on any atom is 0.259 e. The van der Waals surface area contributed by atoms with Crippen LogP contribution in [0.15, 0.2) is 29.0 Å². The number of hydrogen-bond acceptors (Lipinski definition) is 7. The Morgan fingerprint density at radius 3 is 2.92 bits per heavy atom. The predicted octanol–water partition coefficient (Wildman–Crippen LogP) is 1.28. The average molecular weight is 354 g/mol. The number of fused-ring (bicyclic) bond motifs is 3. The minimum absolute atomic E-state index is 0.0599. The zero-order valence-electron chi connectivity index (χ0n) is 14.7. The SMILES string of the molecule is CN(C)Cc1nc(-c2ncn3c2CN(C)C(=O)c2c(O)cccc2-3)no1. The van der Waals surface area contributed by atoms with Gasteiger partial charge in [0.25, 0.3) is 5.91 Å². The fourth-order valence-electron chi connectivity index (χ4n) is 3.04. The highest BCUT2D eigenvalue weighted by Crippen LogP contribution is 2.33. The van der Waals surface area contributed by atoms with Crippen molar-refractivity contribution >= 4 is 5.91 Å². The van der Waals surface area contributed by atoms with Gasteiger partial charge in [-0.2, -0.15) is 4.98 Å². The molecule has 1 amide bonds.